The number of amides is 1. The first kappa shape index (κ1) is 10.5. The van der Waals surface area contributed by atoms with Crippen LogP contribution in [-0.4, -0.2) is 50.8 Å². The summed E-state index contributed by atoms with van der Waals surface area (Å²) in [6.45, 7) is -0.347. The molecular weight excluding hydrogens is 220 g/mol. The van der Waals surface area contributed by atoms with Crippen LogP contribution >= 0.6 is 11.8 Å². The van der Waals surface area contributed by atoms with E-state index in [0.717, 1.165) is 4.90 Å². The zero-order valence-corrected chi connectivity index (χ0v) is 8.53. The molecule has 2 aliphatic rings. The Labute approximate surface area is 89.7 Å². The molecule has 0 saturated carbocycles. The molecule has 0 bridgehead atoms. The molecule has 15 heavy (non-hydrogen) atoms. The molecule has 2 atom stereocenters. The highest BCUT2D eigenvalue weighted by atomic mass is 32.2. The minimum atomic E-state index is -1.19. The van der Waals surface area contributed by atoms with Crippen molar-refractivity contribution in [2.75, 3.05) is 12.4 Å². The molecule has 0 radical (unpaired) electrons. The van der Waals surface area contributed by atoms with Crippen LogP contribution in [0.4, 0.5) is 0 Å². The Morgan fingerprint density at radius 1 is 1.67 bits per heavy atom. The van der Waals surface area contributed by atoms with Crippen LogP contribution in [0.2, 0.25) is 0 Å². The number of carbonyl (C=O) groups is 2. The van der Waals surface area contributed by atoms with Crippen molar-refractivity contribution in [1.82, 2.24) is 4.90 Å². The number of β-lactam (4-membered cyclic amide) rings is 1. The third-order valence-electron chi connectivity index (χ3n) is 2.48. The number of nitrogens with two attached hydrogens (primary N) is 1. The van der Waals surface area contributed by atoms with Crippen LogP contribution in [-0.2, 0) is 9.59 Å². The van der Waals surface area contributed by atoms with Gasteiger partial charge < -0.3 is 15.9 Å². The Morgan fingerprint density at radius 2 is 2.33 bits per heavy atom. The van der Waals surface area contributed by atoms with Gasteiger partial charge in [0.1, 0.15) is 17.1 Å². The van der Waals surface area contributed by atoms with Gasteiger partial charge in [-0.25, -0.2) is 4.79 Å². The molecule has 0 spiro atoms. The average molecular weight is 230 g/mol. The molecule has 0 aromatic carbocycles. The molecule has 0 unspecified atom stereocenters. The van der Waals surface area contributed by atoms with E-state index in [1.54, 1.807) is 0 Å². The molecule has 82 valence electrons. The summed E-state index contributed by atoms with van der Waals surface area (Å²) in [5.41, 5.74) is 5.80. The molecule has 6 nitrogen and oxygen atoms in total. The normalized spacial score (nSPS) is 30.0. The fourth-order valence-electron chi connectivity index (χ4n) is 1.70. The lowest BCUT2D eigenvalue weighted by atomic mass is 10.0. The first-order chi connectivity index (χ1) is 7.07. The summed E-state index contributed by atoms with van der Waals surface area (Å²) in [4.78, 5) is 23.5. The van der Waals surface area contributed by atoms with Crippen LogP contribution in [0.5, 0.6) is 0 Å². The largest absolute Gasteiger partial charge is 0.477 e. The van der Waals surface area contributed by atoms with Gasteiger partial charge in [-0.05, 0) is 5.57 Å². The summed E-state index contributed by atoms with van der Waals surface area (Å²) in [5, 5.41) is 17.6. The van der Waals surface area contributed by atoms with Gasteiger partial charge in [-0.15, -0.1) is 11.8 Å². The van der Waals surface area contributed by atoms with Crippen molar-refractivity contribution in [3.63, 3.8) is 0 Å². The number of thioether (sulfide) groups is 1. The molecule has 1 amide bonds. The number of fused-ring (bicyclic) bond motifs is 1. The molecule has 4 N–H and O–H groups in total. The summed E-state index contributed by atoms with van der Waals surface area (Å²) in [7, 11) is 0. The SMILES string of the molecule is N[C@H]1C(=O)N2C(C(=O)O)=C(CO)CS[C@H]12. The van der Waals surface area contributed by atoms with Crippen molar-refractivity contribution in [1.29, 1.82) is 0 Å². The summed E-state index contributed by atoms with van der Waals surface area (Å²) in [6.07, 6.45) is 0. The van der Waals surface area contributed by atoms with Crippen molar-refractivity contribution in [2.24, 2.45) is 5.73 Å². The number of carboxylic acids is 1. The zero-order valence-electron chi connectivity index (χ0n) is 7.71. The minimum absolute atomic E-state index is 0.104. The van der Waals surface area contributed by atoms with E-state index in [1.165, 1.54) is 11.8 Å². The third-order valence-corrected chi connectivity index (χ3v) is 3.84. The lowest BCUT2D eigenvalue weighted by molar-refractivity contribution is -0.148. The molecule has 2 aliphatic heterocycles. The van der Waals surface area contributed by atoms with Crippen molar-refractivity contribution in [3.05, 3.63) is 11.3 Å². The van der Waals surface area contributed by atoms with Gasteiger partial charge in [0, 0.05) is 5.75 Å². The Bertz CT molecular complexity index is 368. The first-order valence-corrected chi connectivity index (χ1v) is 5.39. The smallest absolute Gasteiger partial charge is 0.352 e. The lowest BCUT2D eigenvalue weighted by Gasteiger charge is -2.47. The van der Waals surface area contributed by atoms with E-state index in [0.29, 0.717) is 11.3 Å². The number of aliphatic carboxylic acids is 1. The standard InChI is InChI=1S/C8H10N2O4S/c9-4-6(12)10-5(8(13)14)3(1-11)2-15-7(4)10/h4,7,11H,1-2,9H2,(H,13,14)/t4-,7+/m0/s1. The molecule has 1 saturated heterocycles. The molecule has 1 fully saturated rings. The maximum atomic E-state index is 11.4. The topological polar surface area (TPSA) is 104 Å². The molecule has 0 aromatic rings. The van der Waals surface area contributed by atoms with Gasteiger partial charge in [0.15, 0.2) is 0 Å². The summed E-state index contributed by atoms with van der Waals surface area (Å²) in [6, 6.07) is -0.621. The van der Waals surface area contributed by atoms with Crippen molar-refractivity contribution >= 4 is 23.6 Å². The third kappa shape index (κ3) is 1.35. The lowest BCUT2D eigenvalue weighted by Crippen LogP contribution is -2.68. The number of hydrogen-bond acceptors (Lipinski definition) is 5. The number of carboxylic acid groups (broad SMARTS) is 1. The van der Waals surface area contributed by atoms with E-state index in [2.05, 4.69) is 0 Å². The second-order valence-electron chi connectivity index (χ2n) is 3.35. The molecule has 7 heteroatoms. The fraction of sp³-hybridized carbons (Fsp3) is 0.500. The number of rotatable bonds is 2. The Hall–Kier alpha value is -1.05. The molecule has 0 aromatic heterocycles. The van der Waals surface area contributed by atoms with E-state index in [-0.39, 0.29) is 17.7 Å². The number of aliphatic hydroxyl groups excluding tert-OH is 1. The minimum Gasteiger partial charge on any atom is -0.477 e. The zero-order chi connectivity index (χ0) is 11.2. The van der Waals surface area contributed by atoms with Gasteiger partial charge in [0.2, 0.25) is 5.91 Å². The number of carbonyl (C=O) groups excluding carboxylic acids is 1. The maximum absolute atomic E-state index is 11.4. The van der Waals surface area contributed by atoms with E-state index in [1.807, 2.05) is 0 Å². The van der Waals surface area contributed by atoms with E-state index < -0.39 is 17.9 Å². The van der Waals surface area contributed by atoms with Gasteiger partial charge >= 0.3 is 5.97 Å². The first-order valence-electron chi connectivity index (χ1n) is 4.34. The van der Waals surface area contributed by atoms with Crippen LogP contribution in [0.3, 0.4) is 0 Å². The molecule has 2 heterocycles. The number of aliphatic hydroxyl groups is 1. The second kappa shape index (κ2) is 3.51. The highest BCUT2D eigenvalue weighted by Crippen LogP contribution is 2.39. The maximum Gasteiger partial charge on any atom is 0.352 e. The monoisotopic (exact) mass is 230 g/mol. The van der Waals surface area contributed by atoms with Crippen molar-refractivity contribution < 1.29 is 19.8 Å². The Morgan fingerprint density at radius 3 is 2.87 bits per heavy atom. The number of nitrogens with zero attached hydrogens (tertiary/aromatic N) is 1. The highest BCUT2D eigenvalue weighted by molar-refractivity contribution is 8.00. The van der Waals surface area contributed by atoms with Gasteiger partial charge in [-0.2, -0.15) is 0 Å². The van der Waals surface area contributed by atoms with E-state index in [9.17, 15) is 9.59 Å². The molecule has 2 rings (SSSR count). The summed E-state index contributed by atoms with van der Waals surface area (Å²) >= 11 is 1.38. The molecule has 0 aliphatic carbocycles. The van der Waals surface area contributed by atoms with Crippen LogP contribution in [0.15, 0.2) is 11.3 Å². The quantitative estimate of drug-likeness (QED) is 0.502. The van der Waals surface area contributed by atoms with Gasteiger partial charge in [-0.3, -0.25) is 9.69 Å². The van der Waals surface area contributed by atoms with Crippen molar-refractivity contribution in [3.8, 4) is 0 Å². The van der Waals surface area contributed by atoms with Crippen LogP contribution in [0.25, 0.3) is 0 Å². The van der Waals surface area contributed by atoms with Gasteiger partial charge in [0.25, 0.3) is 0 Å². The summed E-state index contributed by atoms with van der Waals surface area (Å²) in [5.74, 6) is -1.18. The van der Waals surface area contributed by atoms with E-state index >= 15 is 0 Å². The second-order valence-corrected chi connectivity index (χ2v) is 4.46. The molecular formula is C8H10N2O4S. The van der Waals surface area contributed by atoms with Crippen molar-refractivity contribution in [2.45, 2.75) is 11.4 Å². The Balaban J connectivity index is 2.38. The summed E-state index contributed by atoms with van der Waals surface area (Å²) < 4.78 is 0. The predicted molar refractivity (Wildman–Crippen MR) is 52.8 cm³/mol. The highest BCUT2D eigenvalue weighted by Gasteiger charge is 2.51. The Kier molecular flexibility index (Phi) is 2.45. The van der Waals surface area contributed by atoms with Crippen LogP contribution in [0, 0.1) is 0 Å². The fourth-order valence-corrected chi connectivity index (χ4v) is 2.98. The van der Waals surface area contributed by atoms with Gasteiger partial charge in [0.05, 0.1) is 6.61 Å². The average Bonchev–Trinajstić information content (AvgIpc) is 2.25. The predicted octanol–water partition coefficient (Wildman–Crippen LogP) is -1.44. The van der Waals surface area contributed by atoms with Crippen LogP contribution < -0.4 is 5.73 Å². The van der Waals surface area contributed by atoms with Crippen LogP contribution in [0.1, 0.15) is 0 Å². The van der Waals surface area contributed by atoms with Gasteiger partial charge in [-0.1, -0.05) is 0 Å². The van der Waals surface area contributed by atoms with E-state index in [4.69, 9.17) is 15.9 Å². The number of hydrogen-bond donors (Lipinski definition) is 3.